The first kappa shape index (κ1) is 9.90. The molecule has 0 bridgehead atoms. The smallest absolute Gasteiger partial charge is 0.172 e. The lowest BCUT2D eigenvalue weighted by Gasteiger charge is -2.22. The molecule has 1 heterocycles. The van der Waals surface area contributed by atoms with E-state index in [0.29, 0.717) is 13.2 Å². The Morgan fingerprint density at radius 3 is 2.73 bits per heavy atom. The molecule has 0 saturated carbocycles. The molecule has 1 aromatic carbocycles. The molecule has 1 aliphatic rings. The van der Waals surface area contributed by atoms with E-state index >= 15 is 0 Å². The highest BCUT2D eigenvalue weighted by Crippen LogP contribution is 2.42. The molecule has 2 rings (SSSR count). The van der Waals surface area contributed by atoms with Gasteiger partial charge in [-0.25, -0.2) is 0 Å². The zero-order valence-corrected chi connectivity index (χ0v) is 9.00. The van der Waals surface area contributed by atoms with Crippen molar-refractivity contribution < 1.29 is 14.2 Å². The number of methoxy groups -OCH3 is 1. The van der Waals surface area contributed by atoms with E-state index in [1.54, 1.807) is 7.11 Å². The fourth-order valence-corrected chi connectivity index (χ4v) is 1.67. The van der Waals surface area contributed by atoms with Crippen molar-refractivity contribution in [3.8, 4) is 17.2 Å². The molecule has 0 aliphatic carbocycles. The van der Waals surface area contributed by atoms with Gasteiger partial charge in [0.05, 0.1) is 12.7 Å². The molecular weight excluding hydrogens is 192 g/mol. The highest BCUT2D eigenvalue weighted by molar-refractivity contribution is 5.75. The number of ether oxygens (including phenoxy) is 3. The van der Waals surface area contributed by atoms with Gasteiger partial charge in [-0.05, 0) is 24.6 Å². The van der Waals surface area contributed by atoms with Crippen molar-refractivity contribution >= 4 is 5.57 Å². The Balaban J connectivity index is 2.59. The number of hydrogen-bond acceptors (Lipinski definition) is 3. The summed E-state index contributed by atoms with van der Waals surface area (Å²) in [5.74, 6) is 2.28. The van der Waals surface area contributed by atoms with Crippen LogP contribution >= 0.6 is 0 Å². The van der Waals surface area contributed by atoms with Crippen LogP contribution in [0.15, 0.2) is 18.7 Å². The molecule has 0 saturated heterocycles. The number of allylic oxidation sites excluding steroid dienone is 1. The van der Waals surface area contributed by atoms with Crippen LogP contribution in [0.25, 0.3) is 5.57 Å². The van der Waals surface area contributed by atoms with Crippen molar-refractivity contribution in [3.63, 3.8) is 0 Å². The lowest BCUT2D eigenvalue weighted by molar-refractivity contribution is 0.170. The fourth-order valence-electron chi connectivity index (χ4n) is 1.67. The van der Waals surface area contributed by atoms with Gasteiger partial charge in [-0.3, -0.25) is 0 Å². The topological polar surface area (TPSA) is 27.7 Å². The molecule has 0 atom stereocenters. The van der Waals surface area contributed by atoms with Crippen LogP contribution in [0, 0.1) is 0 Å². The summed E-state index contributed by atoms with van der Waals surface area (Å²) in [4.78, 5) is 0. The van der Waals surface area contributed by atoms with Crippen molar-refractivity contribution in [2.24, 2.45) is 0 Å². The molecule has 0 N–H and O–H groups in total. The third-order valence-corrected chi connectivity index (χ3v) is 2.32. The fraction of sp³-hybridized carbons (Fsp3) is 0.333. The maximum atomic E-state index is 5.59. The molecule has 1 aromatic rings. The number of hydrogen-bond donors (Lipinski definition) is 0. The lowest BCUT2D eigenvalue weighted by atomic mass is 10.1. The standard InChI is InChI=1S/C12H14O3/c1-8(2)11-9(13-3)4-5-10-12(11)15-7-6-14-10/h4-5H,1,6-7H2,2-3H3. The minimum Gasteiger partial charge on any atom is -0.496 e. The summed E-state index contributed by atoms with van der Waals surface area (Å²) in [5, 5.41) is 0. The van der Waals surface area contributed by atoms with E-state index in [2.05, 4.69) is 6.58 Å². The summed E-state index contributed by atoms with van der Waals surface area (Å²) < 4.78 is 16.4. The average Bonchev–Trinajstić information content (AvgIpc) is 2.27. The summed E-state index contributed by atoms with van der Waals surface area (Å²) in [5.41, 5.74) is 1.81. The van der Waals surface area contributed by atoms with Gasteiger partial charge in [0.1, 0.15) is 19.0 Å². The second-order valence-corrected chi connectivity index (χ2v) is 3.45. The van der Waals surface area contributed by atoms with Crippen LogP contribution in [0.2, 0.25) is 0 Å². The van der Waals surface area contributed by atoms with Crippen LogP contribution in [-0.4, -0.2) is 20.3 Å². The highest BCUT2D eigenvalue weighted by atomic mass is 16.6. The predicted octanol–water partition coefficient (Wildman–Crippen LogP) is 2.50. The highest BCUT2D eigenvalue weighted by Gasteiger charge is 2.20. The Kier molecular flexibility index (Phi) is 2.54. The van der Waals surface area contributed by atoms with E-state index in [0.717, 1.165) is 28.4 Å². The summed E-state index contributed by atoms with van der Waals surface area (Å²) in [7, 11) is 1.64. The molecule has 0 fully saturated rings. The Labute approximate surface area is 89.3 Å². The third-order valence-electron chi connectivity index (χ3n) is 2.32. The van der Waals surface area contributed by atoms with Gasteiger partial charge in [-0.2, -0.15) is 0 Å². The van der Waals surface area contributed by atoms with Gasteiger partial charge in [0.15, 0.2) is 11.5 Å². The first-order valence-electron chi connectivity index (χ1n) is 4.86. The lowest BCUT2D eigenvalue weighted by Crippen LogP contribution is -2.16. The predicted molar refractivity (Wildman–Crippen MR) is 58.7 cm³/mol. The molecular formula is C12H14O3. The molecule has 3 heteroatoms. The Hall–Kier alpha value is -1.64. The van der Waals surface area contributed by atoms with Crippen LogP contribution in [0.3, 0.4) is 0 Å². The summed E-state index contributed by atoms with van der Waals surface area (Å²) in [6, 6.07) is 3.73. The first-order valence-corrected chi connectivity index (χ1v) is 4.86. The summed E-state index contributed by atoms with van der Waals surface area (Å²) in [6.07, 6.45) is 0. The first-order chi connectivity index (χ1) is 7.24. The van der Waals surface area contributed by atoms with Crippen LogP contribution in [0.1, 0.15) is 12.5 Å². The van der Waals surface area contributed by atoms with Crippen LogP contribution < -0.4 is 14.2 Å². The zero-order chi connectivity index (χ0) is 10.8. The number of benzene rings is 1. The molecule has 15 heavy (non-hydrogen) atoms. The second-order valence-electron chi connectivity index (χ2n) is 3.45. The maximum absolute atomic E-state index is 5.59. The van der Waals surface area contributed by atoms with Gasteiger partial charge < -0.3 is 14.2 Å². The Morgan fingerprint density at radius 1 is 1.33 bits per heavy atom. The quantitative estimate of drug-likeness (QED) is 0.744. The van der Waals surface area contributed by atoms with E-state index in [1.165, 1.54) is 0 Å². The van der Waals surface area contributed by atoms with Crippen molar-refractivity contribution in [1.82, 2.24) is 0 Å². The molecule has 0 amide bonds. The summed E-state index contributed by atoms with van der Waals surface area (Å²) >= 11 is 0. The monoisotopic (exact) mass is 206 g/mol. The molecule has 1 aliphatic heterocycles. The normalized spacial score (nSPS) is 13.5. The largest absolute Gasteiger partial charge is 0.496 e. The van der Waals surface area contributed by atoms with Crippen LogP contribution in [-0.2, 0) is 0 Å². The van der Waals surface area contributed by atoms with E-state index in [9.17, 15) is 0 Å². The SMILES string of the molecule is C=C(C)c1c(OC)ccc2c1OCCO2. The van der Waals surface area contributed by atoms with E-state index < -0.39 is 0 Å². The average molecular weight is 206 g/mol. The number of rotatable bonds is 2. The minimum absolute atomic E-state index is 0.570. The van der Waals surface area contributed by atoms with Crippen molar-refractivity contribution in [2.45, 2.75) is 6.92 Å². The van der Waals surface area contributed by atoms with E-state index in [1.807, 2.05) is 19.1 Å². The molecule has 0 radical (unpaired) electrons. The summed E-state index contributed by atoms with van der Waals surface area (Å²) in [6.45, 7) is 7.02. The van der Waals surface area contributed by atoms with Gasteiger partial charge in [-0.15, -0.1) is 0 Å². The Bertz CT molecular complexity index is 396. The van der Waals surface area contributed by atoms with Gasteiger partial charge >= 0.3 is 0 Å². The van der Waals surface area contributed by atoms with Gasteiger partial charge in [0, 0.05) is 0 Å². The van der Waals surface area contributed by atoms with Gasteiger partial charge in [-0.1, -0.05) is 6.58 Å². The van der Waals surface area contributed by atoms with Crippen LogP contribution in [0.5, 0.6) is 17.2 Å². The second kappa shape index (κ2) is 3.85. The maximum Gasteiger partial charge on any atom is 0.172 e. The van der Waals surface area contributed by atoms with Gasteiger partial charge in [0.2, 0.25) is 0 Å². The number of fused-ring (bicyclic) bond motifs is 1. The Morgan fingerprint density at radius 2 is 2.07 bits per heavy atom. The molecule has 0 aromatic heterocycles. The van der Waals surface area contributed by atoms with E-state index in [-0.39, 0.29) is 0 Å². The van der Waals surface area contributed by atoms with E-state index in [4.69, 9.17) is 14.2 Å². The molecule has 80 valence electrons. The van der Waals surface area contributed by atoms with Gasteiger partial charge in [0.25, 0.3) is 0 Å². The van der Waals surface area contributed by atoms with Crippen molar-refractivity contribution in [2.75, 3.05) is 20.3 Å². The molecule has 3 nitrogen and oxygen atoms in total. The zero-order valence-electron chi connectivity index (χ0n) is 9.00. The van der Waals surface area contributed by atoms with Crippen molar-refractivity contribution in [3.05, 3.63) is 24.3 Å². The van der Waals surface area contributed by atoms with Crippen molar-refractivity contribution in [1.29, 1.82) is 0 Å². The molecule has 0 spiro atoms. The third kappa shape index (κ3) is 1.65. The molecule has 0 unspecified atom stereocenters. The minimum atomic E-state index is 0.570. The van der Waals surface area contributed by atoms with Crippen LogP contribution in [0.4, 0.5) is 0 Å².